The van der Waals surface area contributed by atoms with Gasteiger partial charge in [-0.25, -0.2) is 0 Å². The zero-order valence-corrected chi connectivity index (χ0v) is 34.5. The second kappa shape index (κ2) is 19.0. The molecule has 4 aliphatic heterocycles. The van der Waals surface area contributed by atoms with Crippen LogP contribution in [0.4, 0.5) is 0 Å². The van der Waals surface area contributed by atoms with Crippen molar-refractivity contribution in [2.75, 3.05) is 105 Å². The van der Waals surface area contributed by atoms with Crippen molar-refractivity contribution in [3.8, 4) is 0 Å². The second-order valence-corrected chi connectivity index (χ2v) is 16.5. The van der Waals surface area contributed by atoms with Gasteiger partial charge in [0.2, 0.25) is 11.8 Å². The van der Waals surface area contributed by atoms with Crippen molar-refractivity contribution in [1.29, 1.82) is 0 Å². The summed E-state index contributed by atoms with van der Waals surface area (Å²) in [4.78, 5) is 91.9. The van der Waals surface area contributed by atoms with Gasteiger partial charge in [-0.05, 0) is 89.0 Å². The van der Waals surface area contributed by atoms with Gasteiger partial charge in [0, 0.05) is 123 Å². The Bertz CT molecular complexity index is 1940. The Labute approximate surface area is 351 Å². The number of hydrogen-bond donors (Lipinski definition) is 2. The minimum Gasteiger partial charge on any atom is -0.352 e. The molecule has 0 bridgehead atoms. The number of rotatable bonds is 18. The Morgan fingerprint density at radius 2 is 0.767 bits per heavy atom. The number of nitrogens with one attached hydrogen (secondary N) is 2. The number of nitrogens with zero attached hydrogens (tertiary/aromatic N) is 6. The molecule has 0 unspecified atom stereocenters. The molecule has 0 atom stereocenters. The lowest BCUT2D eigenvalue weighted by Gasteiger charge is -2.36. The molecule has 4 heterocycles. The van der Waals surface area contributed by atoms with Gasteiger partial charge >= 0.3 is 0 Å². The number of piperazine rings is 2. The molecule has 2 N–H and O–H groups in total. The zero-order valence-electron chi connectivity index (χ0n) is 34.5. The third-order valence-corrected chi connectivity index (χ3v) is 12.7. The first-order valence-corrected chi connectivity index (χ1v) is 21.8. The topological polar surface area (TPSA) is 146 Å². The van der Waals surface area contributed by atoms with E-state index >= 15 is 0 Å². The molecule has 2 aliphatic carbocycles. The summed E-state index contributed by atoms with van der Waals surface area (Å²) in [7, 11) is 0. The molecule has 2 aromatic carbocycles. The molecule has 14 heteroatoms. The van der Waals surface area contributed by atoms with Crippen molar-refractivity contribution in [2.45, 2.75) is 38.5 Å². The third-order valence-electron chi connectivity index (χ3n) is 12.7. The van der Waals surface area contributed by atoms with E-state index in [4.69, 9.17) is 0 Å². The van der Waals surface area contributed by atoms with Crippen LogP contribution in [0.1, 0.15) is 80.0 Å². The van der Waals surface area contributed by atoms with E-state index in [0.29, 0.717) is 71.8 Å². The highest BCUT2D eigenvalue weighted by Crippen LogP contribution is 2.38. The van der Waals surface area contributed by atoms with Crippen LogP contribution in [0.3, 0.4) is 0 Å². The monoisotopic (exact) mass is 816 g/mol. The van der Waals surface area contributed by atoms with Crippen LogP contribution in [-0.2, 0) is 9.59 Å². The summed E-state index contributed by atoms with van der Waals surface area (Å²) in [5, 5.41) is 6.83. The number of carbonyl (C=O) groups is 6. The maximum Gasteiger partial charge on any atom is 0.261 e. The smallest absolute Gasteiger partial charge is 0.261 e. The molecule has 6 aliphatic rings. The number of imide groups is 2. The van der Waals surface area contributed by atoms with Crippen LogP contribution < -0.4 is 10.6 Å². The van der Waals surface area contributed by atoms with Crippen molar-refractivity contribution >= 4 is 46.2 Å². The minimum atomic E-state index is -0.391. The number of benzene rings is 2. The second-order valence-electron chi connectivity index (χ2n) is 16.5. The van der Waals surface area contributed by atoms with Crippen LogP contribution in [0.25, 0.3) is 10.8 Å². The molecule has 8 rings (SSSR count). The van der Waals surface area contributed by atoms with E-state index in [9.17, 15) is 28.8 Å². The van der Waals surface area contributed by atoms with Gasteiger partial charge in [-0.1, -0.05) is 36.5 Å². The van der Waals surface area contributed by atoms with E-state index in [2.05, 4.69) is 30.2 Å². The Morgan fingerprint density at radius 1 is 0.450 bits per heavy atom. The molecule has 2 fully saturated rings. The van der Waals surface area contributed by atoms with Crippen LogP contribution in [0.15, 0.2) is 71.9 Å². The third kappa shape index (κ3) is 9.07. The summed E-state index contributed by atoms with van der Waals surface area (Å²) >= 11 is 0. The fraction of sp³-hybridized carbons (Fsp3) is 0.478. The molecule has 0 aromatic heterocycles. The van der Waals surface area contributed by atoms with E-state index in [0.717, 1.165) is 103 Å². The van der Waals surface area contributed by atoms with Crippen LogP contribution in [0.5, 0.6) is 0 Å². The Hall–Kier alpha value is -5.28. The normalized spacial score (nSPS) is 19.8. The van der Waals surface area contributed by atoms with Gasteiger partial charge in [0.05, 0.1) is 0 Å². The van der Waals surface area contributed by atoms with Gasteiger partial charge in [0.25, 0.3) is 23.6 Å². The van der Waals surface area contributed by atoms with Gasteiger partial charge in [0.15, 0.2) is 0 Å². The highest BCUT2D eigenvalue weighted by atomic mass is 16.2. The van der Waals surface area contributed by atoms with Crippen LogP contribution in [-0.4, -0.2) is 170 Å². The summed E-state index contributed by atoms with van der Waals surface area (Å²) in [6, 6.07) is 6.57. The fourth-order valence-electron chi connectivity index (χ4n) is 9.23. The Kier molecular flexibility index (Phi) is 13.1. The molecule has 60 heavy (non-hydrogen) atoms. The summed E-state index contributed by atoms with van der Waals surface area (Å²) in [6.45, 7) is 12.6. The van der Waals surface area contributed by atoms with Crippen LogP contribution in [0.2, 0.25) is 0 Å². The minimum absolute atomic E-state index is 0.0166. The first kappa shape index (κ1) is 41.5. The number of hydrogen-bond acceptors (Lipinski definition) is 10. The zero-order chi connectivity index (χ0) is 41.6. The molecule has 0 radical (unpaired) electrons. The van der Waals surface area contributed by atoms with Gasteiger partial charge < -0.3 is 30.2 Å². The first-order chi connectivity index (χ1) is 29.3. The lowest BCUT2D eigenvalue weighted by Crippen LogP contribution is -2.48. The van der Waals surface area contributed by atoms with Crippen molar-refractivity contribution in [3.05, 3.63) is 94.1 Å². The van der Waals surface area contributed by atoms with E-state index in [-0.39, 0.29) is 24.9 Å². The summed E-state index contributed by atoms with van der Waals surface area (Å²) < 4.78 is 0. The van der Waals surface area contributed by atoms with Crippen molar-refractivity contribution < 1.29 is 28.8 Å². The molecular formula is C46H56N8O6. The molecule has 0 spiro atoms. The lowest BCUT2D eigenvalue weighted by atomic mass is 9.86. The molecule has 6 amide bonds. The molecule has 0 saturated carbocycles. The number of carbonyl (C=O) groups excluding carboxylic acids is 6. The molecule has 316 valence electrons. The molecule has 2 aromatic rings. The first-order valence-electron chi connectivity index (χ1n) is 21.8. The quantitative estimate of drug-likeness (QED) is 0.170. The highest BCUT2D eigenvalue weighted by molar-refractivity contribution is 6.33. The highest BCUT2D eigenvalue weighted by Gasteiger charge is 2.39. The van der Waals surface area contributed by atoms with E-state index in [1.807, 2.05) is 36.5 Å². The molecule has 2 saturated heterocycles. The van der Waals surface area contributed by atoms with Crippen LogP contribution in [0, 0.1) is 0 Å². The predicted molar refractivity (Wildman–Crippen MR) is 229 cm³/mol. The summed E-state index contributed by atoms with van der Waals surface area (Å²) in [6.07, 6.45) is 16.0. The molecule has 14 nitrogen and oxygen atoms in total. The number of allylic oxidation sites excluding steroid dienone is 6. The Morgan fingerprint density at radius 3 is 1.07 bits per heavy atom. The van der Waals surface area contributed by atoms with Crippen molar-refractivity contribution in [3.63, 3.8) is 0 Å². The fourth-order valence-corrected chi connectivity index (χ4v) is 9.23. The van der Waals surface area contributed by atoms with Gasteiger partial charge in [-0.3, -0.25) is 38.6 Å². The maximum absolute atomic E-state index is 13.8. The lowest BCUT2D eigenvalue weighted by molar-refractivity contribution is -0.118. The largest absolute Gasteiger partial charge is 0.352 e. The summed E-state index contributed by atoms with van der Waals surface area (Å²) in [5.74, 6) is -1.53. The van der Waals surface area contributed by atoms with E-state index in [1.54, 1.807) is 24.3 Å². The van der Waals surface area contributed by atoms with E-state index in [1.165, 1.54) is 9.80 Å². The maximum atomic E-state index is 13.8. The van der Waals surface area contributed by atoms with Crippen molar-refractivity contribution in [2.24, 2.45) is 0 Å². The average Bonchev–Trinajstić information content (AvgIpc) is 4.02. The van der Waals surface area contributed by atoms with Gasteiger partial charge in [-0.15, -0.1) is 0 Å². The number of amides is 6. The van der Waals surface area contributed by atoms with Crippen molar-refractivity contribution in [1.82, 2.24) is 40.0 Å². The van der Waals surface area contributed by atoms with E-state index < -0.39 is 23.6 Å². The van der Waals surface area contributed by atoms with Gasteiger partial charge in [0.1, 0.15) is 0 Å². The molecular weight excluding hydrogens is 761 g/mol. The average molecular weight is 817 g/mol. The summed E-state index contributed by atoms with van der Waals surface area (Å²) in [5.41, 5.74) is 3.03. The SMILES string of the molecule is O=C(NCCCN1CCN(CCCN2C(=O)c3ccc4c5c(ccc(c35)C2=O)C(=O)N(CCCN2CCN(CCCNC(=O)C3=CC=CC3)CC2)C4=O)CC1)C1=CC=CC1. The Balaban J connectivity index is 0.770. The standard InChI is InChI=1S/C46H56N8O6/c55-41(33-9-1-2-10-33)47-17-5-19-49-25-29-51(30-26-49)21-7-23-53-43(57)35-13-15-37-40-38(16-14-36(39(35)40)44(53)58)46(60)54(45(37)59)24-8-22-52-31-27-50(28-32-52)20-6-18-48-42(56)34-11-3-4-12-34/h1-4,9,11,13-16H,5-8,10,12,17-32H2,(H,47,55)(H,48,56). The van der Waals surface area contributed by atoms with Crippen LogP contribution >= 0.6 is 0 Å². The van der Waals surface area contributed by atoms with Gasteiger partial charge in [-0.2, -0.15) is 0 Å². The predicted octanol–water partition coefficient (Wildman–Crippen LogP) is 2.83.